The number of nitrogens with zero attached hydrogens (tertiary/aromatic N) is 2. The first kappa shape index (κ1) is 16.8. The van der Waals surface area contributed by atoms with Crippen molar-refractivity contribution in [3.63, 3.8) is 0 Å². The molecule has 2 aromatic heterocycles. The third-order valence-corrected chi connectivity index (χ3v) is 5.90. The van der Waals surface area contributed by atoms with Gasteiger partial charge in [0, 0.05) is 30.1 Å². The summed E-state index contributed by atoms with van der Waals surface area (Å²) in [6.07, 6.45) is 5.20. The Morgan fingerprint density at radius 3 is 2.84 bits per heavy atom. The summed E-state index contributed by atoms with van der Waals surface area (Å²) in [5.41, 5.74) is 1.74. The first-order chi connectivity index (χ1) is 12.2. The average Bonchev–Trinajstić information content (AvgIpc) is 3.14. The van der Waals surface area contributed by atoms with E-state index in [1.807, 2.05) is 28.7 Å². The van der Waals surface area contributed by atoms with E-state index in [2.05, 4.69) is 10.3 Å². The monoisotopic (exact) mass is 359 g/mol. The van der Waals surface area contributed by atoms with Gasteiger partial charge in [-0.25, -0.2) is 4.98 Å². The fourth-order valence-electron chi connectivity index (χ4n) is 3.35. The molecule has 1 saturated heterocycles. The zero-order valence-corrected chi connectivity index (χ0v) is 15.5. The minimum absolute atomic E-state index is 0.161. The number of carbonyl (C=O) groups is 1. The number of piperidine rings is 1. The molecule has 2 aliphatic rings. The van der Waals surface area contributed by atoms with Crippen LogP contribution >= 0.6 is 11.3 Å². The number of hydrogen-bond acceptors (Lipinski definition) is 5. The third kappa shape index (κ3) is 4.12. The molecule has 6 heteroatoms. The number of aromatic nitrogens is 1. The van der Waals surface area contributed by atoms with Gasteiger partial charge in [-0.05, 0) is 56.5 Å². The van der Waals surface area contributed by atoms with Crippen molar-refractivity contribution in [2.24, 2.45) is 5.92 Å². The average molecular weight is 359 g/mol. The van der Waals surface area contributed by atoms with Crippen LogP contribution in [-0.2, 0) is 11.2 Å². The number of carbonyl (C=O) groups excluding carboxylic acids is 1. The highest BCUT2D eigenvalue weighted by Gasteiger charge is 2.26. The van der Waals surface area contributed by atoms with Crippen LogP contribution < -0.4 is 5.32 Å². The van der Waals surface area contributed by atoms with Gasteiger partial charge in [0.25, 0.3) is 0 Å². The van der Waals surface area contributed by atoms with Crippen molar-refractivity contribution < 1.29 is 9.21 Å². The van der Waals surface area contributed by atoms with Crippen LogP contribution in [0.2, 0.25) is 0 Å². The molecule has 0 radical (unpaired) electrons. The van der Waals surface area contributed by atoms with Crippen molar-refractivity contribution in [1.82, 2.24) is 15.2 Å². The van der Waals surface area contributed by atoms with Gasteiger partial charge < -0.3 is 14.6 Å². The Balaban J connectivity index is 1.30. The molecule has 1 aliphatic carbocycles. The zero-order chi connectivity index (χ0) is 17.2. The van der Waals surface area contributed by atoms with E-state index in [1.165, 1.54) is 12.8 Å². The van der Waals surface area contributed by atoms with Crippen molar-refractivity contribution in [2.45, 2.75) is 45.1 Å². The van der Waals surface area contributed by atoms with E-state index >= 15 is 0 Å². The number of hydrogen-bond donors (Lipinski definition) is 1. The van der Waals surface area contributed by atoms with Gasteiger partial charge in [0.05, 0.1) is 12.1 Å². The molecule has 3 heterocycles. The van der Waals surface area contributed by atoms with E-state index in [0.717, 1.165) is 55.4 Å². The van der Waals surface area contributed by atoms with Crippen molar-refractivity contribution in [3.8, 4) is 11.5 Å². The van der Waals surface area contributed by atoms with Gasteiger partial charge in [0.2, 0.25) is 11.8 Å². The molecule has 1 aliphatic heterocycles. The lowest BCUT2D eigenvalue weighted by Gasteiger charge is -2.32. The lowest BCUT2D eigenvalue weighted by molar-refractivity contribution is -0.131. The molecule has 2 aromatic rings. The predicted molar refractivity (Wildman–Crippen MR) is 98.6 cm³/mol. The van der Waals surface area contributed by atoms with Crippen LogP contribution in [0, 0.1) is 12.8 Å². The molecule has 2 fully saturated rings. The van der Waals surface area contributed by atoms with Gasteiger partial charge in [-0.15, -0.1) is 0 Å². The molecule has 5 nitrogen and oxygen atoms in total. The molecule has 0 bridgehead atoms. The molecular weight excluding hydrogens is 334 g/mol. The lowest BCUT2D eigenvalue weighted by atomic mass is 10.0. The molecule has 0 aromatic carbocycles. The fourth-order valence-corrected chi connectivity index (χ4v) is 3.97. The number of rotatable bonds is 6. The number of amides is 1. The molecule has 0 unspecified atom stereocenters. The SMILES string of the molecule is Cc1oc(-c2ccsc2)nc1CC(=O)N1CCC(NCC2CC2)CC1. The van der Waals surface area contributed by atoms with Crippen molar-refractivity contribution in [1.29, 1.82) is 0 Å². The van der Waals surface area contributed by atoms with Crippen LogP contribution in [0.3, 0.4) is 0 Å². The lowest BCUT2D eigenvalue weighted by Crippen LogP contribution is -2.45. The largest absolute Gasteiger partial charge is 0.441 e. The molecule has 134 valence electrons. The number of likely N-dealkylation sites (tertiary alicyclic amines) is 1. The first-order valence-electron chi connectivity index (χ1n) is 9.19. The number of thiophene rings is 1. The van der Waals surface area contributed by atoms with Crippen LogP contribution in [0.5, 0.6) is 0 Å². The van der Waals surface area contributed by atoms with E-state index in [1.54, 1.807) is 11.3 Å². The summed E-state index contributed by atoms with van der Waals surface area (Å²) >= 11 is 1.61. The molecule has 4 rings (SSSR count). The standard InChI is InChI=1S/C19H25N3O2S/c1-13-17(21-19(24-13)15-6-9-25-12-15)10-18(23)22-7-4-16(5-8-22)20-11-14-2-3-14/h6,9,12,14,16,20H,2-5,7-8,10-11H2,1H3. The summed E-state index contributed by atoms with van der Waals surface area (Å²) in [6, 6.07) is 2.56. The fraction of sp³-hybridized carbons (Fsp3) is 0.579. The summed E-state index contributed by atoms with van der Waals surface area (Å²) in [4.78, 5) is 19.1. The second-order valence-corrected chi connectivity index (χ2v) is 8.00. The van der Waals surface area contributed by atoms with Gasteiger partial charge >= 0.3 is 0 Å². The highest BCUT2D eigenvalue weighted by molar-refractivity contribution is 7.08. The second-order valence-electron chi connectivity index (χ2n) is 7.22. The maximum atomic E-state index is 12.6. The van der Waals surface area contributed by atoms with Crippen LogP contribution in [0.25, 0.3) is 11.5 Å². The van der Waals surface area contributed by atoms with E-state index in [9.17, 15) is 4.79 Å². The third-order valence-electron chi connectivity index (χ3n) is 5.22. The molecule has 25 heavy (non-hydrogen) atoms. The summed E-state index contributed by atoms with van der Waals surface area (Å²) in [6.45, 7) is 4.73. The second kappa shape index (κ2) is 7.30. The highest BCUT2D eigenvalue weighted by Crippen LogP contribution is 2.28. The predicted octanol–water partition coefficient (Wildman–Crippen LogP) is 3.24. The van der Waals surface area contributed by atoms with E-state index < -0.39 is 0 Å². The Morgan fingerprint density at radius 1 is 1.36 bits per heavy atom. The number of oxazole rings is 1. The topological polar surface area (TPSA) is 58.4 Å². The Hall–Kier alpha value is -1.66. The van der Waals surface area contributed by atoms with Gasteiger partial charge in [0.1, 0.15) is 5.76 Å². The van der Waals surface area contributed by atoms with Gasteiger partial charge in [-0.2, -0.15) is 11.3 Å². The summed E-state index contributed by atoms with van der Waals surface area (Å²) in [7, 11) is 0. The molecule has 0 spiro atoms. The Kier molecular flexibility index (Phi) is 4.90. The number of aryl methyl sites for hydroxylation is 1. The van der Waals surface area contributed by atoms with Crippen molar-refractivity contribution in [3.05, 3.63) is 28.3 Å². The maximum absolute atomic E-state index is 12.6. The highest BCUT2D eigenvalue weighted by atomic mass is 32.1. The normalized spacial score (nSPS) is 18.7. The Bertz CT molecular complexity index is 713. The van der Waals surface area contributed by atoms with E-state index in [0.29, 0.717) is 18.4 Å². The van der Waals surface area contributed by atoms with Crippen LogP contribution in [-0.4, -0.2) is 41.5 Å². The first-order valence-corrected chi connectivity index (χ1v) is 10.1. The van der Waals surface area contributed by atoms with Gasteiger partial charge in [-0.1, -0.05) is 0 Å². The Morgan fingerprint density at radius 2 is 2.16 bits per heavy atom. The molecule has 1 amide bonds. The van der Waals surface area contributed by atoms with Crippen LogP contribution in [0.4, 0.5) is 0 Å². The zero-order valence-electron chi connectivity index (χ0n) is 14.7. The van der Waals surface area contributed by atoms with Crippen molar-refractivity contribution in [2.75, 3.05) is 19.6 Å². The summed E-state index contributed by atoms with van der Waals surface area (Å²) < 4.78 is 5.74. The van der Waals surface area contributed by atoms with Crippen molar-refractivity contribution >= 4 is 17.2 Å². The molecular formula is C19H25N3O2S. The number of nitrogens with one attached hydrogen (secondary N) is 1. The van der Waals surface area contributed by atoms with Gasteiger partial charge in [-0.3, -0.25) is 4.79 Å². The van der Waals surface area contributed by atoms with Gasteiger partial charge in [0.15, 0.2) is 0 Å². The summed E-state index contributed by atoms with van der Waals surface area (Å²) in [5, 5.41) is 7.67. The van der Waals surface area contributed by atoms with Crippen LogP contribution in [0.1, 0.15) is 37.1 Å². The molecule has 1 N–H and O–H groups in total. The Labute approximate surface area is 152 Å². The molecule has 1 saturated carbocycles. The maximum Gasteiger partial charge on any atom is 0.228 e. The smallest absolute Gasteiger partial charge is 0.228 e. The quantitative estimate of drug-likeness (QED) is 0.860. The molecule has 0 atom stereocenters. The summed E-state index contributed by atoms with van der Waals surface area (Å²) in [5.74, 6) is 2.43. The van der Waals surface area contributed by atoms with Crippen LogP contribution in [0.15, 0.2) is 21.2 Å². The van der Waals surface area contributed by atoms with E-state index in [-0.39, 0.29) is 5.91 Å². The minimum atomic E-state index is 0.161. The minimum Gasteiger partial charge on any atom is -0.441 e. The van der Waals surface area contributed by atoms with E-state index in [4.69, 9.17) is 4.42 Å².